The molecule has 108 valence electrons. The Morgan fingerprint density at radius 1 is 1.10 bits per heavy atom. The van der Waals surface area contributed by atoms with Crippen LogP contribution in [0.2, 0.25) is 5.15 Å². The Kier molecular flexibility index (Phi) is 3.92. The Morgan fingerprint density at radius 3 is 2.50 bits per heavy atom. The maximum Gasteiger partial charge on any atom is 0.198 e. The predicted molar refractivity (Wildman–Crippen MR) is 80.2 cm³/mol. The molecule has 4 nitrogen and oxygen atoms in total. The van der Waals surface area contributed by atoms with Crippen molar-refractivity contribution in [2.45, 2.75) is 58.8 Å². The number of hydrogen-bond acceptors (Lipinski definition) is 3. The average Bonchev–Trinajstić information content (AvgIpc) is 2.66. The zero-order valence-electron chi connectivity index (χ0n) is 12.2. The Balaban J connectivity index is 1.95. The van der Waals surface area contributed by atoms with Crippen molar-refractivity contribution >= 4 is 17.2 Å². The third-order valence-electron chi connectivity index (χ3n) is 4.49. The first-order valence-electron chi connectivity index (χ1n) is 7.53. The molecule has 5 heteroatoms. The molecule has 0 bridgehead atoms. The fourth-order valence-electron chi connectivity index (χ4n) is 3.20. The molecular weight excluding hydrogens is 272 g/mol. The molecule has 1 saturated carbocycles. The third kappa shape index (κ3) is 2.53. The smallest absolute Gasteiger partial charge is 0.198 e. The van der Waals surface area contributed by atoms with Gasteiger partial charge in [0.15, 0.2) is 10.8 Å². The number of hydrogen-bond donors (Lipinski definition) is 0. The second-order valence-corrected chi connectivity index (χ2v) is 6.27. The van der Waals surface area contributed by atoms with Gasteiger partial charge in [-0.05, 0) is 19.8 Å². The number of aryl methyl sites for hydroxylation is 2. The first-order valence-corrected chi connectivity index (χ1v) is 7.91. The molecule has 20 heavy (non-hydrogen) atoms. The molecule has 0 aromatic carbocycles. The van der Waals surface area contributed by atoms with E-state index in [0.717, 1.165) is 29.6 Å². The molecule has 0 saturated heterocycles. The van der Waals surface area contributed by atoms with Crippen LogP contribution in [0.4, 0.5) is 0 Å². The Bertz CT molecular complexity index is 612. The van der Waals surface area contributed by atoms with Crippen LogP contribution in [-0.2, 0) is 6.42 Å². The summed E-state index contributed by atoms with van der Waals surface area (Å²) in [6.07, 6.45) is 9.08. The fourth-order valence-corrected chi connectivity index (χ4v) is 3.45. The topological polar surface area (TPSA) is 43.1 Å². The second-order valence-electron chi connectivity index (χ2n) is 5.91. The van der Waals surface area contributed by atoms with E-state index in [0.29, 0.717) is 10.8 Å². The average molecular weight is 293 g/mol. The van der Waals surface area contributed by atoms with Gasteiger partial charge in [-0.25, -0.2) is 4.98 Å². The van der Waals surface area contributed by atoms with Crippen molar-refractivity contribution in [3.05, 3.63) is 22.4 Å². The van der Waals surface area contributed by atoms with E-state index in [1.807, 2.05) is 6.92 Å². The van der Waals surface area contributed by atoms with Crippen molar-refractivity contribution in [1.82, 2.24) is 19.6 Å². The highest BCUT2D eigenvalue weighted by atomic mass is 35.5. The van der Waals surface area contributed by atoms with Crippen molar-refractivity contribution in [2.24, 2.45) is 5.92 Å². The van der Waals surface area contributed by atoms with E-state index in [4.69, 9.17) is 11.6 Å². The van der Waals surface area contributed by atoms with Gasteiger partial charge in [0.1, 0.15) is 5.82 Å². The highest BCUT2D eigenvalue weighted by Crippen LogP contribution is 2.27. The monoisotopic (exact) mass is 292 g/mol. The fraction of sp³-hybridized carbons (Fsp3) is 0.667. The zero-order valence-corrected chi connectivity index (χ0v) is 12.9. The Morgan fingerprint density at radius 2 is 1.80 bits per heavy atom. The van der Waals surface area contributed by atoms with Gasteiger partial charge in [-0.2, -0.15) is 0 Å². The van der Waals surface area contributed by atoms with Gasteiger partial charge in [-0.1, -0.05) is 50.1 Å². The van der Waals surface area contributed by atoms with Gasteiger partial charge in [0.25, 0.3) is 0 Å². The van der Waals surface area contributed by atoms with Crippen LogP contribution in [0.25, 0.3) is 5.65 Å². The normalized spacial score (nSPS) is 17.6. The molecule has 1 aliphatic rings. The summed E-state index contributed by atoms with van der Waals surface area (Å²) in [4.78, 5) is 4.32. The van der Waals surface area contributed by atoms with Crippen LogP contribution in [0.15, 0.2) is 0 Å². The minimum Gasteiger partial charge on any atom is -0.279 e. The largest absolute Gasteiger partial charge is 0.279 e. The van der Waals surface area contributed by atoms with Crippen molar-refractivity contribution in [3.63, 3.8) is 0 Å². The summed E-state index contributed by atoms with van der Waals surface area (Å²) in [5, 5.41) is 9.05. The number of rotatable bonds is 2. The van der Waals surface area contributed by atoms with Crippen molar-refractivity contribution in [3.8, 4) is 0 Å². The molecule has 1 fully saturated rings. The van der Waals surface area contributed by atoms with Crippen molar-refractivity contribution < 1.29 is 0 Å². The Labute approximate surface area is 124 Å². The standard InChI is InChI=1S/C15H21ClN4/c1-10-11(2)20-13(18-19-15(20)14(16)17-10)9-12-7-5-3-4-6-8-12/h12H,3-9H2,1-2H3. The van der Waals surface area contributed by atoms with E-state index in [1.54, 1.807) is 0 Å². The van der Waals surface area contributed by atoms with E-state index in [1.165, 1.54) is 38.5 Å². The second kappa shape index (κ2) is 5.68. The minimum absolute atomic E-state index is 0.452. The van der Waals surface area contributed by atoms with Gasteiger partial charge in [0.2, 0.25) is 0 Å². The van der Waals surface area contributed by atoms with E-state index in [-0.39, 0.29) is 0 Å². The van der Waals surface area contributed by atoms with Gasteiger partial charge in [0.05, 0.1) is 5.69 Å². The van der Waals surface area contributed by atoms with Crippen LogP contribution < -0.4 is 0 Å². The van der Waals surface area contributed by atoms with Gasteiger partial charge in [-0.3, -0.25) is 4.40 Å². The summed E-state index contributed by atoms with van der Waals surface area (Å²) in [5.74, 6) is 1.77. The molecule has 0 aliphatic heterocycles. The number of halogens is 1. The minimum atomic E-state index is 0.452. The van der Waals surface area contributed by atoms with E-state index < -0.39 is 0 Å². The predicted octanol–water partition coefficient (Wildman–Crippen LogP) is 3.91. The summed E-state index contributed by atoms with van der Waals surface area (Å²) >= 11 is 6.18. The summed E-state index contributed by atoms with van der Waals surface area (Å²) in [7, 11) is 0. The molecule has 0 radical (unpaired) electrons. The third-order valence-corrected chi connectivity index (χ3v) is 4.74. The highest BCUT2D eigenvalue weighted by Gasteiger charge is 2.19. The van der Waals surface area contributed by atoms with Gasteiger partial charge >= 0.3 is 0 Å². The van der Waals surface area contributed by atoms with E-state index >= 15 is 0 Å². The number of aromatic nitrogens is 4. The van der Waals surface area contributed by atoms with Gasteiger partial charge in [-0.15, -0.1) is 10.2 Å². The Hall–Kier alpha value is -1.16. The molecule has 0 N–H and O–H groups in total. The lowest BCUT2D eigenvalue weighted by Gasteiger charge is -2.13. The maximum absolute atomic E-state index is 6.18. The molecular formula is C15H21ClN4. The van der Waals surface area contributed by atoms with Crippen LogP contribution in [-0.4, -0.2) is 19.6 Å². The van der Waals surface area contributed by atoms with Crippen LogP contribution in [0.3, 0.4) is 0 Å². The van der Waals surface area contributed by atoms with Gasteiger partial charge in [0, 0.05) is 12.1 Å². The lowest BCUT2D eigenvalue weighted by atomic mass is 9.96. The van der Waals surface area contributed by atoms with Crippen LogP contribution in [0, 0.1) is 19.8 Å². The first-order chi connectivity index (χ1) is 9.66. The zero-order chi connectivity index (χ0) is 14.1. The number of nitrogens with zero attached hydrogens (tertiary/aromatic N) is 4. The summed E-state index contributed by atoms with van der Waals surface area (Å²) < 4.78 is 2.09. The molecule has 0 spiro atoms. The van der Waals surface area contributed by atoms with E-state index in [2.05, 4.69) is 26.5 Å². The molecule has 1 aliphatic carbocycles. The molecule has 0 atom stereocenters. The summed E-state index contributed by atoms with van der Waals surface area (Å²) in [5.41, 5.74) is 2.74. The lowest BCUT2D eigenvalue weighted by molar-refractivity contribution is 0.446. The maximum atomic E-state index is 6.18. The molecule has 2 aromatic rings. The highest BCUT2D eigenvalue weighted by molar-refractivity contribution is 6.32. The quantitative estimate of drug-likeness (QED) is 0.788. The molecule has 2 heterocycles. The molecule has 2 aromatic heterocycles. The van der Waals surface area contributed by atoms with Crippen molar-refractivity contribution in [1.29, 1.82) is 0 Å². The van der Waals surface area contributed by atoms with Crippen molar-refractivity contribution in [2.75, 3.05) is 0 Å². The molecule has 0 amide bonds. The SMILES string of the molecule is Cc1nc(Cl)c2nnc(CC3CCCCCC3)n2c1C. The molecule has 0 unspecified atom stereocenters. The first kappa shape index (κ1) is 13.8. The summed E-state index contributed by atoms with van der Waals surface area (Å²) in [6.45, 7) is 4.04. The van der Waals surface area contributed by atoms with Crippen LogP contribution in [0.1, 0.15) is 55.7 Å². The number of fused-ring (bicyclic) bond motifs is 1. The lowest BCUT2D eigenvalue weighted by Crippen LogP contribution is -2.09. The van der Waals surface area contributed by atoms with E-state index in [9.17, 15) is 0 Å². The summed E-state index contributed by atoms with van der Waals surface area (Å²) in [6, 6.07) is 0. The van der Waals surface area contributed by atoms with Gasteiger partial charge < -0.3 is 0 Å². The van der Waals surface area contributed by atoms with Crippen LogP contribution in [0.5, 0.6) is 0 Å². The van der Waals surface area contributed by atoms with Crippen LogP contribution >= 0.6 is 11.6 Å². The molecule has 3 rings (SSSR count).